The van der Waals surface area contributed by atoms with Crippen molar-refractivity contribution in [3.8, 4) is 6.07 Å². The number of hydrogen-bond donors (Lipinski definition) is 0. The van der Waals surface area contributed by atoms with Gasteiger partial charge in [-0.05, 0) is 41.3 Å². The molecule has 0 amide bonds. The van der Waals surface area contributed by atoms with Crippen LogP contribution in [0, 0.1) is 24.2 Å². The van der Waals surface area contributed by atoms with Gasteiger partial charge in [0.05, 0.1) is 10.3 Å². The van der Waals surface area contributed by atoms with E-state index in [0.29, 0.717) is 0 Å². The summed E-state index contributed by atoms with van der Waals surface area (Å²) in [6, 6.07) is 4.11. The normalized spacial score (nSPS) is 16.2. The van der Waals surface area contributed by atoms with Gasteiger partial charge in [-0.1, -0.05) is 32.1 Å². The van der Waals surface area contributed by atoms with Crippen LogP contribution in [0.5, 0.6) is 0 Å². The largest absolute Gasteiger partial charge is 0.320 e. The van der Waals surface area contributed by atoms with E-state index >= 15 is 0 Å². The van der Waals surface area contributed by atoms with Crippen LogP contribution in [0.2, 0.25) is 0 Å². The van der Waals surface area contributed by atoms with E-state index < -0.39 is 0 Å². The van der Waals surface area contributed by atoms with Crippen LogP contribution in [0.15, 0.2) is 10.7 Å². The van der Waals surface area contributed by atoms with E-state index in [2.05, 4.69) is 42.6 Å². The number of aryl methyl sites for hydroxylation is 2. The van der Waals surface area contributed by atoms with Crippen molar-refractivity contribution < 1.29 is 0 Å². The van der Waals surface area contributed by atoms with Gasteiger partial charge >= 0.3 is 0 Å². The Kier molecular flexibility index (Phi) is 4.25. The summed E-state index contributed by atoms with van der Waals surface area (Å²) in [5, 5.41) is 10.1. The highest BCUT2D eigenvalue weighted by Crippen LogP contribution is 2.29. The topological polar surface area (TPSA) is 54.5 Å². The van der Waals surface area contributed by atoms with Crippen LogP contribution < -0.4 is 0 Å². The van der Waals surface area contributed by atoms with Crippen LogP contribution in [0.25, 0.3) is 11.0 Å². The van der Waals surface area contributed by atoms with Gasteiger partial charge < -0.3 is 4.57 Å². The Labute approximate surface area is 133 Å². The smallest absolute Gasteiger partial charge is 0.234 e. The van der Waals surface area contributed by atoms with Gasteiger partial charge in [0.15, 0.2) is 0 Å². The molecule has 0 unspecified atom stereocenters. The molecule has 0 spiro atoms. The Morgan fingerprint density at radius 1 is 1.33 bits per heavy atom. The molecule has 0 radical (unpaired) electrons. The third-order valence-corrected chi connectivity index (χ3v) is 5.14. The molecule has 0 aliphatic heterocycles. The second kappa shape index (κ2) is 6.15. The Balaban J connectivity index is 1.88. The SMILES string of the molecule is Cc1nc(C#N)nc2c1cc(Br)n2CCC1CCCCC1. The molecule has 5 heteroatoms. The zero-order chi connectivity index (χ0) is 14.8. The molecule has 0 N–H and O–H groups in total. The third-order valence-electron chi connectivity index (χ3n) is 4.48. The Hall–Kier alpha value is -1.41. The van der Waals surface area contributed by atoms with Crippen LogP contribution in [-0.2, 0) is 6.54 Å². The van der Waals surface area contributed by atoms with E-state index in [4.69, 9.17) is 5.26 Å². The molecular formula is C16H19BrN4. The average molecular weight is 347 g/mol. The Bertz CT molecular complexity index is 692. The molecule has 1 aliphatic carbocycles. The van der Waals surface area contributed by atoms with Crippen molar-refractivity contribution in [1.29, 1.82) is 5.26 Å². The molecule has 2 heterocycles. The Morgan fingerprint density at radius 2 is 2.10 bits per heavy atom. The minimum Gasteiger partial charge on any atom is -0.320 e. The highest BCUT2D eigenvalue weighted by atomic mass is 79.9. The average Bonchev–Trinajstić information content (AvgIpc) is 2.82. The number of rotatable bonds is 3. The summed E-state index contributed by atoms with van der Waals surface area (Å²) < 4.78 is 3.21. The summed E-state index contributed by atoms with van der Waals surface area (Å²) >= 11 is 3.63. The maximum absolute atomic E-state index is 9.06. The fraction of sp³-hybridized carbons (Fsp3) is 0.562. The van der Waals surface area contributed by atoms with E-state index in [1.54, 1.807) is 0 Å². The van der Waals surface area contributed by atoms with E-state index in [-0.39, 0.29) is 5.82 Å². The van der Waals surface area contributed by atoms with E-state index in [9.17, 15) is 0 Å². The molecule has 110 valence electrons. The quantitative estimate of drug-likeness (QED) is 0.830. The fourth-order valence-electron chi connectivity index (χ4n) is 3.29. The summed E-state index contributed by atoms with van der Waals surface area (Å²) in [6.45, 7) is 2.89. The van der Waals surface area contributed by atoms with Crippen molar-refractivity contribution >= 4 is 27.0 Å². The third kappa shape index (κ3) is 2.96. The molecule has 1 aliphatic rings. The van der Waals surface area contributed by atoms with Gasteiger partial charge in [0.25, 0.3) is 0 Å². The monoisotopic (exact) mass is 346 g/mol. The van der Waals surface area contributed by atoms with Crippen LogP contribution in [0.1, 0.15) is 50.0 Å². The highest BCUT2D eigenvalue weighted by molar-refractivity contribution is 9.10. The number of hydrogen-bond acceptors (Lipinski definition) is 3. The van der Waals surface area contributed by atoms with Crippen molar-refractivity contribution in [2.75, 3.05) is 0 Å². The summed E-state index contributed by atoms with van der Waals surface area (Å²) in [5.41, 5.74) is 1.75. The molecule has 4 nitrogen and oxygen atoms in total. The maximum Gasteiger partial charge on any atom is 0.234 e. The van der Waals surface area contributed by atoms with Gasteiger partial charge in [-0.25, -0.2) is 9.97 Å². The summed E-state index contributed by atoms with van der Waals surface area (Å²) in [4.78, 5) is 8.62. The van der Waals surface area contributed by atoms with Crippen molar-refractivity contribution in [1.82, 2.24) is 14.5 Å². The van der Waals surface area contributed by atoms with Crippen molar-refractivity contribution in [2.45, 2.75) is 52.0 Å². The van der Waals surface area contributed by atoms with Crippen LogP contribution in [0.4, 0.5) is 0 Å². The van der Waals surface area contributed by atoms with Crippen molar-refractivity contribution in [3.05, 3.63) is 22.2 Å². The van der Waals surface area contributed by atoms with E-state index in [0.717, 1.165) is 33.8 Å². The zero-order valence-electron chi connectivity index (χ0n) is 12.3. The van der Waals surface area contributed by atoms with Crippen molar-refractivity contribution in [3.63, 3.8) is 0 Å². The lowest BCUT2D eigenvalue weighted by Gasteiger charge is -2.21. The number of aromatic nitrogens is 3. The first-order valence-electron chi connectivity index (χ1n) is 7.62. The summed E-state index contributed by atoms with van der Waals surface area (Å²) in [5.74, 6) is 1.09. The minimum atomic E-state index is 0.254. The molecule has 1 fully saturated rings. The van der Waals surface area contributed by atoms with Gasteiger partial charge in [0, 0.05) is 11.9 Å². The number of halogens is 1. The van der Waals surface area contributed by atoms with Gasteiger partial charge in [-0.3, -0.25) is 0 Å². The van der Waals surface area contributed by atoms with Crippen LogP contribution >= 0.6 is 15.9 Å². The second-order valence-corrected chi connectivity index (χ2v) is 6.71. The van der Waals surface area contributed by atoms with Gasteiger partial charge in [-0.15, -0.1) is 0 Å². The minimum absolute atomic E-state index is 0.254. The number of fused-ring (bicyclic) bond motifs is 1. The fourth-order valence-corrected chi connectivity index (χ4v) is 3.86. The molecule has 0 aromatic carbocycles. The Morgan fingerprint density at radius 3 is 2.81 bits per heavy atom. The molecule has 0 atom stereocenters. The van der Waals surface area contributed by atoms with Gasteiger partial charge in [-0.2, -0.15) is 5.26 Å². The molecule has 0 saturated heterocycles. The molecule has 2 aromatic heterocycles. The molecular weight excluding hydrogens is 328 g/mol. The zero-order valence-corrected chi connectivity index (χ0v) is 13.9. The van der Waals surface area contributed by atoms with Gasteiger partial charge in [0.1, 0.15) is 11.7 Å². The lowest BCUT2D eigenvalue weighted by molar-refractivity contribution is 0.324. The molecule has 0 bridgehead atoms. The first-order chi connectivity index (χ1) is 10.2. The van der Waals surface area contributed by atoms with E-state index in [1.807, 2.05) is 6.92 Å². The number of nitrogens with zero attached hydrogens (tertiary/aromatic N) is 4. The summed E-state index contributed by atoms with van der Waals surface area (Å²) in [7, 11) is 0. The van der Waals surface area contributed by atoms with E-state index in [1.165, 1.54) is 38.5 Å². The van der Waals surface area contributed by atoms with Crippen LogP contribution in [0.3, 0.4) is 0 Å². The molecule has 3 rings (SSSR count). The first kappa shape index (κ1) is 14.5. The first-order valence-corrected chi connectivity index (χ1v) is 8.42. The standard InChI is InChI=1S/C16H19BrN4/c1-11-13-9-14(17)21(16(13)20-15(10-18)19-11)8-7-12-5-3-2-4-6-12/h9,12H,2-8H2,1H3. The predicted octanol–water partition coefficient (Wildman–Crippen LogP) is 4.34. The molecule has 2 aromatic rings. The van der Waals surface area contributed by atoms with Crippen LogP contribution in [-0.4, -0.2) is 14.5 Å². The number of nitriles is 1. The highest BCUT2D eigenvalue weighted by Gasteiger charge is 2.16. The lowest BCUT2D eigenvalue weighted by Crippen LogP contribution is -2.10. The molecule has 21 heavy (non-hydrogen) atoms. The molecule has 1 saturated carbocycles. The van der Waals surface area contributed by atoms with Gasteiger partial charge in [0.2, 0.25) is 5.82 Å². The lowest BCUT2D eigenvalue weighted by atomic mass is 9.87. The summed E-state index contributed by atoms with van der Waals surface area (Å²) in [6.07, 6.45) is 8.04. The predicted molar refractivity (Wildman–Crippen MR) is 85.9 cm³/mol. The van der Waals surface area contributed by atoms with Crippen molar-refractivity contribution in [2.24, 2.45) is 5.92 Å². The maximum atomic E-state index is 9.06. The second-order valence-electron chi connectivity index (χ2n) is 5.89.